The zero-order valence-electron chi connectivity index (χ0n) is 5.59. The Morgan fingerprint density at radius 1 is 1.67 bits per heavy atom. The highest BCUT2D eigenvalue weighted by molar-refractivity contribution is 5.17. The van der Waals surface area contributed by atoms with Gasteiger partial charge in [-0.05, 0) is 19.9 Å². The molecule has 1 N–H and O–H groups in total. The van der Waals surface area contributed by atoms with E-state index in [1.165, 1.54) is 0 Å². The van der Waals surface area contributed by atoms with Gasteiger partial charge in [0.15, 0.2) is 0 Å². The Morgan fingerprint density at radius 2 is 2.33 bits per heavy atom. The largest absolute Gasteiger partial charge is 0.469 e. The second-order valence-corrected chi connectivity index (χ2v) is 2.11. The first-order chi connectivity index (χ1) is 4.22. The van der Waals surface area contributed by atoms with Crippen molar-refractivity contribution in [3.05, 3.63) is 23.7 Å². The molecule has 0 aliphatic heterocycles. The lowest BCUT2D eigenvalue weighted by Crippen LogP contribution is -1.89. The molecule has 1 atom stereocenters. The second-order valence-electron chi connectivity index (χ2n) is 2.11. The lowest BCUT2D eigenvalue weighted by Gasteiger charge is -1.98. The zero-order chi connectivity index (χ0) is 6.85. The van der Waals surface area contributed by atoms with Crippen molar-refractivity contribution in [2.24, 2.45) is 0 Å². The molecule has 2 heteroatoms. The van der Waals surface area contributed by atoms with Crippen LogP contribution in [0.3, 0.4) is 0 Å². The molecule has 0 aliphatic rings. The number of furan rings is 1. The van der Waals surface area contributed by atoms with Gasteiger partial charge in [0.25, 0.3) is 0 Å². The van der Waals surface area contributed by atoms with Crippen LogP contribution in [0.15, 0.2) is 16.7 Å². The molecule has 0 fully saturated rings. The molecule has 1 heterocycles. The van der Waals surface area contributed by atoms with Gasteiger partial charge in [0.1, 0.15) is 5.76 Å². The Hall–Kier alpha value is -0.760. The molecule has 0 saturated carbocycles. The third-order valence-corrected chi connectivity index (χ3v) is 1.35. The summed E-state index contributed by atoms with van der Waals surface area (Å²) in [5.74, 6) is 0.796. The van der Waals surface area contributed by atoms with Crippen LogP contribution in [0, 0.1) is 6.92 Å². The molecule has 0 unspecified atom stereocenters. The highest BCUT2D eigenvalue weighted by atomic mass is 16.3. The number of aliphatic hydroxyl groups is 1. The minimum atomic E-state index is -0.413. The molecule has 9 heavy (non-hydrogen) atoms. The van der Waals surface area contributed by atoms with Crippen molar-refractivity contribution in [1.29, 1.82) is 0 Å². The van der Waals surface area contributed by atoms with E-state index in [2.05, 4.69) is 0 Å². The topological polar surface area (TPSA) is 33.4 Å². The van der Waals surface area contributed by atoms with Crippen LogP contribution in [0.4, 0.5) is 0 Å². The minimum Gasteiger partial charge on any atom is -0.469 e. The van der Waals surface area contributed by atoms with Crippen molar-refractivity contribution >= 4 is 0 Å². The second kappa shape index (κ2) is 2.23. The molecule has 1 aromatic heterocycles. The van der Waals surface area contributed by atoms with Gasteiger partial charge < -0.3 is 9.52 Å². The summed E-state index contributed by atoms with van der Waals surface area (Å²) >= 11 is 0. The summed E-state index contributed by atoms with van der Waals surface area (Å²) in [6, 6.07) is 1.78. The smallest absolute Gasteiger partial charge is 0.106 e. The number of aliphatic hydroxyl groups excluding tert-OH is 1. The molecule has 0 saturated heterocycles. The van der Waals surface area contributed by atoms with Gasteiger partial charge in [-0.25, -0.2) is 0 Å². The van der Waals surface area contributed by atoms with E-state index in [4.69, 9.17) is 9.52 Å². The van der Waals surface area contributed by atoms with E-state index in [1.807, 2.05) is 6.92 Å². The van der Waals surface area contributed by atoms with Gasteiger partial charge in [0.05, 0.1) is 12.4 Å². The van der Waals surface area contributed by atoms with Crippen molar-refractivity contribution in [3.8, 4) is 0 Å². The van der Waals surface area contributed by atoms with Gasteiger partial charge in [-0.3, -0.25) is 0 Å². The van der Waals surface area contributed by atoms with Crippen LogP contribution in [-0.2, 0) is 0 Å². The van der Waals surface area contributed by atoms with Crippen molar-refractivity contribution in [2.45, 2.75) is 20.0 Å². The summed E-state index contributed by atoms with van der Waals surface area (Å²) in [6.07, 6.45) is 1.17. The lowest BCUT2D eigenvalue weighted by molar-refractivity contribution is 0.197. The third kappa shape index (κ3) is 1.13. The highest BCUT2D eigenvalue weighted by Crippen LogP contribution is 2.16. The fourth-order valence-corrected chi connectivity index (χ4v) is 0.828. The number of aryl methyl sites for hydroxylation is 1. The SMILES string of the molecule is Cc1occc1[C@H](C)O. The standard InChI is InChI=1S/C7H10O2/c1-5(8)7-3-4-9-6(7)2/h3-5,8H,1-2H3/t5-/m0/s1. The van der Waals surface area contributed by atoms with Crippen LogP contribution < -0.4 is 0 Å². The number of hydrogen-bond donors (Lipinski definition) is 1. The van der Waals surface area contributed by atoms with E-state index in [0.717, 1.165) is 11.3 Å². The van der Waals surface area contributed by atoms with E-state index in [0.29, 0.717) is 0 Å². The summed E-state index contributed by atoms with van der Waals surface area (Å²) < 4.78 is 4.97. The van der Waals surface area contributed by atoms with Gasteiger partial charge in [-0.2, -0.15) is 0 Å². The summed E-state index contributed by atoms with van der Waals surface area (Å²) in [4.78, 5) is 0. The van der Waals surface area contributed by atoms with Crippen molar-refractivity contribution in [1.82, 2.24) is 0 Å². The Kier molecular flexibility index (Phi) is 1.58. The monoisotopic (exact) mass is 126 g/mol. The first-order valence-corrected chi connectivity index (χ1v) is 2.94. The molecule has 2 nitrogen and oxygen atoms in total. The molecule has 50 valence electrons. The fourth-order valence-electron chi connectivity index (χ4n) is 0.828. The van der Waals surface area contributed by atoms with Crippen LogP contribution in [0.5, 0.6) is 0 Å². The first-order valence-electron chi connectivity index (χ1n) is 2.94. The molecule has 0 bridgehead atoms. The average Bonchev–Trinajstić information content (AvgIpc) is 2.13. The molecule has 0 amide bonds. The van der Waals surface area contributed by atoms with Crippen LogP contribution in [0.25, 0.3) is 0 Å². The summed E-state index contributed by atoms with van der Waals surface area (Å²) in [5.41, 5.74) is 0.870. The van der Waals surface area contributed by atoms with Crippen LogP contribution in [0.2, 0.25) is 0 Å². The van der Waals surface area contributed by atoms with Gasteiger partial charge in [0, 0.05) is 5.56 Å². The average molecular weight is 126 g/mol. The van der Waals surface area contributed by atoms with Gasteiger partial charge in [-0.15, -0.1) is 0 Å². The maximum atomic E-state index is 9.03. The maximum Gasteiger partial charge on any atom is 0.106 e. The van der Waals surface area contributed by atoms with Crippen LogP contribution >= 0.6 is 0 Å². The summed E-state index contributed by atoms with van der Waals surface area (Å²) in [6.45, 7) is 3.56. The predicted octanol–water partition coefficient (Wildman–Crippen LogP) is 1.64. The summed E-state index contributed by atoms with van der Waals surface area (Å²) in [5, 5.41) is 9.03. The fraction of sp³-hybridized carbons (Fsp3) is 0.429. The van der Waals surface area contributed by atoms with E-state index in [-0.39, 0.29) is 0 Å². The van der Waals surface area contributed by atoms with Gasteiger partial charge >= 0.3 is 0 Å². The number of hydrogen-bond acceptors (Lipinski definition) is 2. The Bertz CT molecular complexity index is 189. The molecular formula is C7H10O2. The Balaban J connectivity index is 2.94. The van der Waals surface area contributed by atoms with Gasteiger partial charge in [-0.1, -0.05) is 0 Å². The molecule has 0 aliphatic carbocycles. The molecule has 0 radical (unpaired) electrons. The zero-order valence-corrected chi connectivity index (χ0v) is 5.59. The third-order valence-electron chi connectivity index (χ3n) is 1.35. The van der Waals surface area contributed by atoms with Crippen molar-refractivity contribution in [3.63, 3.8) is 0 Å². The molecular weight excluding hydrogens is 116 g/mol. The van der Waals surface area contributed by atoms with E-state index < -0.39 is 6.10 Å². The van der Waals surface area contributed by atoms with Crippen LogP contribution in [0.1, 0.15) is 24.4 Å². The normalized spacial score (nSPS) is 13.7. The van der Waals surface area contributed by atoms with Crippen LogP contribution in [-0.4, -0.2) is 5.11 Å². The summed E-state index contributed by atoms with van der Waals surface area (Å²) in [7, 11) is 0. The quantitative estimate of drug-likeness (QED) is 0.620. The maximum absolute atomic E-state index is 9.03. The Labute approximate surface area is 54.1 Å². The molecule has 0 aromatic carbocycles. The number of rotatable bonds is 1. The van der Waals surface area contributed by atoms with E-state index in [9.17, 15) is 0 Å². The predicted molar refractivity (Wildman–Crippen MR) is 34.1 cm³/mol. The first kappa shape index (κ1) is 6.36. The minimum absolute atomic E-state index is 0.413. The van der Waals surface area contributed by atoms with Crippen molar-refractivity contribution in [2.75, 3.05) is 0 Å². The molecule has 0 spiro atoms. The van der Waals surface area contributed by atoms with E-state index in [1.54, 1.807) is 19.3 Å². The Morgan fingerprint density at radius 3 is 2.56 bits per heavy atom. The van der Waals surface area contributed by atoms with Gasteiger partial charge in [0.2, 0.25) is 0 Å². The highest BCUT2D eigenvalue weighted by Gasteiger charge is 2.05. The van der Waals surface area contributed by atoms with Crippen molar-refractivity contribution < 1.29 is 9.52 Å². The van der Waals surface area contributed by atoms with E-state index >= 15 is 0 Å². The molecule has 1 rings (SSSR count). The molecule has 1 aromatic rings. The lowest BCUT2D eigenvalue weighted by atomic mass is 10.2.